The monoisotopic (exact) mass is 330 g/mol. The third-order valence-corrected chi connectivity index (χ3v) is 4.62. The molecule has 0 bridgehead atoms. The van der Waals surface area contributed by atoms with Crippen molar-refractivity contribution in [2.45, 2.75) is 25.9 Å². The van der Waals surface area contributed by atoms with Crippen LogP contribution in [-0.4, -0.2) is 11.4 Å². The number of nitrogens with zero attached hydrogens (tertiary/aromatic N) is 1. The minimum Gasteiger partial charge on any atom is -0.398 e. The van der Waals surface area contributed by atoms with Crippen molar-refractivity contribution in [2.24, 2.45) is 0 Å². The molecule has 0 unspecified atom stereocenters. The number of fused-ring (bicyclic) bond motifs is 1. The first-order valence-corrected chi connectivity index (χ1v) is 7.85. The predicted molar refractivity (Wildman–Crippen MR) is 87.4 cm³/mol. The highest BCUT2D eigenvalue weighted by molar-refractivity contribution is 9.10. The Hall–Kier alpha value is -1.32. The molecule has 3 heteroatoms. The minimum atomic E-state index is 0.817. The van der Waals surface area contributed by atoms with Crippen molar-refractivity contribution in [3.8, 4) is 0 Å². The van der Waals surface area contributed by atoms with E-state index >= 15 is 0 Å². The second-order valence-electron chi connectivity index (χ2n) is 5.44. The predicted octanol–water partition coefficient (Wildman–Crippen LogP) is 3.98. The molecule has 1 aliphatic heterocycles. The van der Waals surface area contributed by atoms with Gasteiger partial charge in [-0.1, -0.05) is 30.3 Å². The Balaban J connectivity index is 1.76. The van der Waals surface area contributed by atoms with E-state index in [-0.39, 0.29) is 0 Å². The Morgan fingerprint density at radius 1 is 1.10 bits per heavy atom. The maximum Gasteiger partial charge on any atom is 0.0461 e. The first-order chi connectivity index (χ1) is 9.72. The Bertz CT molecular complexity index is 610. The normalized spacial score (nSPS) is 15.7. The molecule has 1 heterocycles. The summed E-state index contributed by atoms with van der Waals surface area (Å²) >= 11 is 3.45. The Morgan fingerprint density at radius 2 is 1.90 bits per heavy atom. The SMILES string of the molecule is Nc1cc(CN2CCCc3ccccc3C2)ccc1Br. The molecule has 20 heavy (non-hydrogen) atoms. The summed E-state index contributed by atoms with van der Waals surface area (Å²) < 4.78 is 0.975. The zero-order chi connectivity index (χ0) is 13.9. The van der Waals surface area contributed by atoms with Gasteiger partial charge in [-0.15, -0.1) is 0 Å². The van der Waals surface area contributed by atoms with Gasteiger partial charge in [0.25, 0.3) is 0 Å². The van der Waals surface area contributed by atoms with Crippen molar-refractivity contribution in [3.05, 3.63) is 63.6 Å². The maximum absolute atomic E-state index is 5.97. The standard InChI is InChI=1S/C17H19BrN2/c18-16-8-7-13(10-17(16)19)11-20-9-3-6-14-4-1-2-5-15(14)12-20/h1-2,4-5,7-8,10H,3,6,9,11-12,19H2. The maximum atomic E-state index is 5.97. The van der Waals surface area contributed by atoms with Crippen molar-refractivity contribution < 1.29 is 0 Å². The number of nitrogen functional groups attached to an aromatic ring is 1. The quantitative estimate of drug-likeness (QED) is 0.844. The summed E-state index contributed by atoms with van der Waals surface area (Å²) in [6.45, 7) is 3.14. The smallest absolute Gasteiger partial charge is 0.0461 e. The molecule has 0 spiro atoms. The van der Waals surface area contributed by atoms with E-state index in [4.69, 9.17) is 5.73 Å². The van der Waals surface area contributed by atoms with Gasteiger partial charge < -0.3 is 5.73 Å². The van der Waals surface area contributed by atoms with E-state index in [1.165, 1.54) is 29.5 Å². The van der Waals surface area contributed by atoms with E-state index in [0.717, 1.165) is 29.8 Å². The van der Waals surface area contributed by atoms with E-state index in [0.29, 0.717) is 0 Å². The van der Waals surface area contributed by atoms with Crippen LogP contribution in [0.2, 0.25) is 0 Å². The van der Waals surface area contributed by atoms with Crippen LogP contribution < -0.4 is 5.73 Å². The molecule has 2 N–H and O–H groups in total. The summed E-state index contributed by atoms with van der Waals surface area (Å²) in [7, 11) is 0. The molecular formula is C17H19BrN2. The van der Waals surface area contributed by atoms with Gasteiger partial charge in [-0.3, -0.25) is 4.90 Å². The number of halogens is 1. The van der Waals surface area contributed by atoms with Crippen LogP contribution in [0.3, 0.4) is 0 Å². The van der Waals surface area contributed by atoms with Gasteiger partial charge in [-0.25, -0.2) is 0 Å². The third-order valence-electron chi connectivity index (χ3n) is 3.90. The summed E-state index contributed by atoms with van der Waals surface area (Å²) in [4.78, 5) is 2.51. The van der Waals surface area contributed by atoms with Crippen LogP contribution in [0.15, 0.2) is 46.9 Å². The molecule has 2 nitrogen and oxygen atoms in total. The Labute approximate surface area is 128 Å². The highest BCUT2D eigenvalue weighted by Crippen LogP contribution is 2.23. The number of hydrogen-bond donors (Lipinski definition) is 1. The number of hydrogen-bond acceptors (Lipinski definition) is 2. The zero-order valence-corrected chi connectivity index (χ0v) is 13.1. The molecule has 0 fully saturated rings. The van der Waals surface area contributed by atoms with E-state index in [9.17, 15) is 0 Å². The molecule has 0 saturated carbocycles. The Kier molecular flexibility index (Phi) is 4.08. The lowest BCUT2D eigenvalue weighted by atomic mass is 10.0. The van der Waals surface area contributed by atoms with Gasteiger partial charge in [0.05, 0.1) is 0 Å². The van der Waals surface area contributed by atoms with Gasteiger partial charge in [0.1, 0.15) is 0 Å². The van der Waals surface area contributed by atoms with Crippen LogP contribution in [0.1, 0.15) is 23.1 Å². The molecule has 0 radical (unpaired) electrons. The van der Waals surface area contributed by atoms with Crippen LogP contribution in [0.5, 0.6) is 0 Å². The fourth-order valence-corrected chi connectivity index (χ4v) is 3.10. The van der Waals surface area contributed by atoms with Crippen molar-refractivity contribution in [2.75, 3.05) is 12.3 Å². The van der Waals surface area contributed by atoms with Gasteiger partial charge >= 0.3 is 0 Å². The van der Waals surface area contributed by atoms with Crippen molar-refractivity contribution in [1.82, 2.24) is 4.90 Å². The van der Waals surface area contributed by atoms with Crippen LogP contribution >= 0.6 is 15.9 Å². The number of aryl methyl sites for hydroxylation is 1. The van der Waals surface area contributed by atoms with Gasteiger partial charge in [0.15, 0.2) is 0 Å². The Morgan fingerprint density at radius 3 is 2.70 bits per heavy atom. The lowest BCUT2D eigenvalue weighted by Crippen LogP contribution is -2.22. The summed E-state index contributed by atoms with van der Waals surface area (Å²) in [5, 5.41) is 0. The van der Waals surface area contributed by atoms with E-state index < -0.39 is 0 Å². The molecule has 2 aromatic carbocycles. The third kappa shape index (κ3) is 3.05. The van der Waals surface area contributed by atoms with Crippen LogP contribution in [0.4, 0.5) is 5.69 Å². The lowest BCUT2D eigenvalue weighted by Gasteiger charge is -2.20. The number of nitrogens with two attached hydrogens (primary N) is 1. The van der Waals surface area contributed by atoms with Crippen LogP contribution in [-0.2, 0) is 19.5 Å². The van der Waals surface area contributed by atoms with Crippen LogP contribution in [0.25, 0.3) is 0 Å². The van der Waals surface area contributed by atoms with Crippen molar-refractivity contribution in [3.63, 3.8) is 0 Å². The minimum absolute atomic E-state index is 0.817. The number of anilines is 1. The zero-order valence-electron chi connectivity index (χ0n) is 11.5. The lowest BCUT2D eigenvalue weighted by molar-refractivity contribution is 0.261. The van der Waals surface area contributed by atoms with Gasteiger partial charge in [0.2, 0.25) is 0 Å². The van der Waals surface area contributed by atoms with E-state index in [1.54, 1.807) is 0 Å². The summed E-state index contributed by atoms with van der Waals surface area (Å²) in [5.74, 6) is 0. The molecule has 0 atom stereocenters. The first-order valence-electron chi connectivity index (χ1n) is 7.05. The highest BCUT2D eigenvalue weighted by Gasteiger charge is 2.14. The molecule has 2 aromatic rings. The summed E-state index contributed by atoms with van der Waals surface area (Å²) in [6, 6.07) is 15.1. The largest absolute Gasteiger partial charge is 0.398 e. The molecular weight excluding hydrogens is 312 g/mol. The fraction of sp³-hybridized carbons (Fsp3) is 0.294. The second-order valence-corrected chi connectivity index (χ2v) is 6.29. The summed E-state index contributed by atoms with van der Waals surface area (Å²) in [5.41, 5.74) is 11.0. The molecule has 104 valence electrons. The van der Waals surface area contributed by atoms with Crippen molar-refractivity contribution in [1.29, 1.82) is 0 Å². The average molecular weight is 331 g/mol. The molecule has 0 saturated heterocycles. The average Bonchev–Trinajstić information content (AvgIpc) is 2.64. The van der Waals surface area contributed by atoms with Gasteiger partial charge in [-0.2, -0.15) is 0 Å². The molecule has 0 amide bonds. The fourth-order valence-electron chi connectivity index (χ4n) is 2.85. The molecule has 0 aromatic heterocycles. The molecule has 1 aliphatic rings. The van der Waals surface area contributed by atoms with E-state index in [1.807, 2.05) is 6.07 Å². The highest BCUT2D eigenvalue weighted by atomic mass is 79.9. The first kappa shape index (κ1) is 13.7. The summed E-state index contributed by atoms with van der Waals surface area (Å²) in [6.07, 6.45) is 2.41. The number of benzene rings is 2. The molecule has 3 rings (SSSR count). The molecule has 0 aliphatic carbocycles. The van der Waals surface area contributed by atoms with Gasteiger partial charge in [-0.05, 0) is 64.1 Å². The van der Waals surface area contributed by atoms with Crippen LogP contribution in [0, 0.1) is 0 Å². The topological polar surface area (TPSA) is 29.3 Å². The van der Waals surface area contributed by atoms with Gasteiger partial charge in [0, 0.05) is 23.2 Å². The second kappa shape index (κ2) is 5.98. The van der Waals surface area contributed by atoms with E-state index in [2.05, 4.69) is 57.2 Å². The number of rotatable bonds is 2. The van der Waals surface area contributed by atoms with Crippen molar-refractivity contribution >= 4 is 21.6 Å².